The van der Waals surface area contributed by atoms with Crippen molar-refractivity contribution < 1.29 is 13.2 Å². The maximum Gasteiger partial charge on any atom is 0.263 e. The molecule has 0 saturated heterocycles. The summed E-state index contributed by atoms with van der Waals surface area (Å²) < 4.78 is 33.9. The van der Waals surface area contributed by atoms with Crippen LogP contribution in [0.3, 0.4) is 0 Å². The first-order chi connectivity index (χ1) is 11.5. The van der Waals surface area contributed by atoms with Gasteiger partial charge in [0.1, 0.15) is 11.6 Å². The number of fused-ring (bicyclic) bond motifs is 1. The molecule has 2 aliphatic rings. The summed E-state index contributed by atoms with van der Waals surface area (Å²) in [4.78, 5) is 4.54. The molecule has 1 aliphatic carbocycles. The van der Waals surface area contributed by atoms with Crippen LogP contribution < -0.4 is 9.46 Å². The summed E-state index contributed by atoms with van der Waals surface area (Å²) in [5.74, 6) is 1.67. The van der Waals surface area contributed by atoms with Gasteiger partial charge in [-0.05, 0) is 73.9 Å². The summed E-state index contributed by atoms with van der Waals surface area (Å²) in [6.07, 6.45) is 5.60. The van der Waals surface area contributed by atoms with E-state index in [1.807, 2.05) is 13.0 Å². The molecule has 1 fully saturated rings. The molecule has 1 saturated carbocycles. The van der Waals surface area contributed by atoms with Crippen LogP contribution in [0.15, 0.2) is 35.4 Å². The number of aryl methyl sites for hydroxylation is 2. The Labute approximate surface area is 142 Å². The highest BCUT2D eigenvalue weighted by Gasteiger charge is 2.30. The Bertz CT molecular complexity index is 889. The van der Waals surface area contributed by atoms with Crippen molar-refractivity contribution in [1.82, 2.24) is 4.98 Å². The third-order valence-corrected chi connectivity index (χ3v) is 5.95. The highest BCUT2D eigenvalue weighted by Crippen LogP contribution is 2.44. The Morgan fingerprint density at radius 2 is 2.08 bits per heavy atom. The number of nitrogens with zero attached hydrogens (tertiary/aromatic N) is 1. The second-order valence-corrected chi connectivity index (χ2v) is 8.17. The van der Waals surface area contributed by atoms with Crippen LogP contribution in [0.5, 0.6) is 5.75 Å². The van der Waals surface area contributed by atoms with Gasteiger partial charge < -0.3 is 4.74 Å². The van der Waals surface area contributed by atoms with Crippen molar-refractivity contribution in [1.29, 1.82) is 0 Å². The van der Waals surface area contributed by atoms with Crippen LogP contribution in [0.4, 0.5) is 5.82 Å². The fraction of sp³-hybridized carbons (Fsp3) is 0.389. The molecular weight excluding hydrogens is 324 g/mol. The van der Waals surface area contributed by atoms with Crippen molar-refractivity contribution in [2.45, 2.75) is 43.4 Å². The van der Waals surface area contributed by atoms with E-state index < -0.39 is 10.0 Å². The van der Waals surface area contributed by atoms with E-state index >= 15 is 0 Å². The first-order valence-corrected chi connectivity index (χ1v) is 9.77. The van der Waals surface area contributed by atoms with Gasteiger partial charge in [-0.25, -0.2) is 13.4 Å². The average molecular weight is 344 g/mol. The number of hydrogen-bond acceptors (Lipinski definition) is 4. The number of nitrogens with one attached hydrogen (secondary N) is 1. The maximum atomic E-state index is 12.8. The predicted molar refractivity (Wildman–Crippen MR) is 92.0 cm³/mol. The maximum absolute atomic E-state index is 12.8. The number of benzene rings is 1. The molecule has 1 aliphatic heterocycles. The van der Waals surface area contributed by atoms with Gasteiger partial charge in [-0.3, -0.25) is 4.72 Å². The lowest BCUT2D eigenvalue weighted by Gasteiger charge is -2.18. The summed E-state index contributed by atoms with van der Waals surface area (Å²) in [5, 5.41) is 0. The SMILES string of the molecule is Cc1ccnc(NS(=O)(=O)c2ccc3c(c2)CCCO3)c1C1CC1. The number of ether oxygens (including phenoxy) is 1. The van der Waals surface area contributed by atoms with E-state index in [1.54, 1.807) is 24.4 Å². The van der Waals surface area contributed by atoms with Gasteiger partial charge in [0.25, 0.3) is 10.0 Å². The Hall–Kier alpha value is -2.08. The average Bonchev–Trinajstić information content (AvgIpc) is 3.39. The summed E-state index contributed by atoms with van der Waals surface area (Å²) in [6, 6.07) is 6.98. The Morgan fingerprint density at radius 3 is 2.88 bits per heavy atom. The lowest BCUT2D eigenvalue weighted by Crippen LogP contribution is -2.17. The molecule has 0 spiro atoms. The van der Waals surface area contributed by atoms with Gasteiger partial charge in [0.15, 0.2) is 0 Å². The van der Waals surface area contributed by atoms with Crippen molar-refractivity contribution in [3.63, 3.8) is 0 Å². The fourth-order valence-corrected chi connectivity index (χ4v) is 4.31. The van der Waals surface area contributed by atoms with Crippen molar-refractivity contribution >= 4 is 15.8 Å². The first-order valence-electron chi connectivity index (χ1n) is 8.28. The van der Waals surface area contributed by atoms with Crippen LogP contribution in [-0.4, -0.2) is 20.0 Å². The van der Waals surface area contributed by atoms with E-state index in [0.717, 1.165) is 48.1 Å². The number of pyridine rings is 1. The van der Waals surface area contributed by atoms with Gasteiger partial charge in [0.05, 0.1) is 11.5 Å². The molecule has 0 atom stereocenters. The van der Waals surface area contributed by atoms with Gasteiger partial charge in [-0.15, -0.1) is 0 Å². The van der Waals surface area contributed by atoms with Gasteiger partial charge in [0.2, 0.25) is 0 Å². The van der Waals surface area contributed by atoms with Gasteiger partial charge >= 0.3 is 0 Å². The molecule has 0 amide bonds. The van der Waals surface area contributed by atoms with E-state index in [-0.39, 0.29) is 4.90 Å². The third-order valence-electron chi connectivity index (χ3n) is 4.62. The molecule has 2 aromatic rings. The molecule has 0 bridgehead atoms. The quantitative estimate of drug-likeness (QED) is 0.923. The van der Waals surface area contributed by atoms with E-state index in [9.17, 15) is 8.42 Å². The standard InChI is InChI=1S/C18H20N2O3S/c1-12-8-9-19-18(17(12)13-4-5-13)20-24(21,22)15-6-7-16-14(11-15)3-2-10-23-16/h6-9,11,13H,2-5,10H2,1H3,(H,19,20). The van der Waals surface area contributed by atoms with Crippen LogP contribution >= 0.6 is 0 Å². The Morgan fingerprint density at radius 1 is 1.25 bits per heavy atom. The molecule has 24 heavy (non-hydrogen) atoms. The summed E-state index contributed by atoms with van der Waals surface area (Å²) in [7, 11) is -3.66. The first kappa shape index (κ1) is 15.4. The van der Waals surface area contributed by atoms with Gasteiger partial charge in [0, 0.05) is 11.8 Å². The fourth-order valence-electron chi connectivity index (χ4n) is 3.23. The van der Waals surface area contributed by atoms with Crippen LogP contribution in [0, 0.1) is 6.92 Å². The monoisotopic (exact) mass is 344 g/mol. The molecule has 6 heteroatoms. The van der Waals surface area contributed by atoms with Gasteiger partial charge in [-0.1, -0.05) is 0 Å². The molecule has 1 aromatic heterocycles. The minimum Gasteiger partial charge on any atom is -0.493 e. The van der Waals surface area contributed by atoms with E-state index in [1.165, 1.54) is 0 Å². The smallest absolute Gasteiger partial charge is 0.263 e. The van der Waals surface area contributed by atoms with E-state index in [0.29, 0.717) is 18.3 Å². The highest BCUT2D eigenvalue weighted by molar-refractivity contribution is 7.92. The zero-order valence-corrected chi connectivity index (χ0v) is 14.4. The summed E-state index contributed by atoms with van der Waals surface area (Å²) >= 11 is 0. The molecule has 0 unspecified atom stereocenters. The van der Waals surface area contributed by atoms with Crippen LogP contribution in [-0.2, 0) is 16.4 Å². The molecule has 2 heterocycles. The topological polar surface area (TPSA) is 68.3 Å². The summed E-state index contributed by atoms with van der Waals surface area (Å²) in [6.45, 7) is 2.69. The van der Waals surface area contributed by atoms with Crippen LogP contribution in [0.25, 0.3) is 0 Å². The lowest BCUT2D eigenvalue weighted by atomic mass is 10.1. The molecule has 1 aromatic carbocycles. The largest absolute Gasteiger partial charge is 0.493 e. The van der Waals surface area contributed by atoms with E-state index in [2.05, 4.69) is 9.71 Å². The lowest BCUT2D eigenvalue weighted by molar-refractivity contribution is 0.288. The van der Waals surface area contributed by atoms with Crippen molar-refractivity contribution in [3.8, 4) is 5.75 Å². The molecule has 0 radical (unpaired) electrons. The van der Waals surface area contributed by atoms with Crippen molar-refractivity contribution in [2.24, 2.45) is 0 Å². The second kappa shape index (κ2) is 5.77. The van der Waals surface area contributed by atoms with Crippen molar-refractivity contribution in [3.05, 3.63) is 47.2 Å². The zero-order valence-electron chi connectivity index (χ0n) is 13.6. The molecule has 5 nitrogen and oxygen atoms in total. The number of sulfonamides is 1. The van der Waals surface area contributed by atoms with Crippen LogP contribution in [0.1, 0.15) is 41.9 Å². The number of anilines is 1. The third kappa shape index (κ3) is 2.86. The second-order valence-electron chi connectivity index (χ2n) is 6.49. The summed E-state index contributed by atoms with van der Waals surface area (Å²) in [5.41, 5.74) is 3.06. The molecule has 4 rings (SSSR count). The van der Waals surface area contributed by atoms with Crippen molar-refractivity contribution in [2.75, 3.05) is 11.3 Å². The zero-order chi connectivity index (χ0) is 16.7. The molecular formula is C18H20N2O3S. The molecule has 1 N–H and O–H groups in total. The Balaban J connectivity index is 1.68. The van der Waals surface area contributed by atoms with E-state index in [4.69, 9.17) is 4.74 Å². The number of hydrogen-bond donors (Lipinski definition) is 1. The van der Waals surface area contributed by atoms with Crippen LogP contribution in [0.2, 0.25) is 0 Å². The minimum absolute atomic E-state index is 0.261. The number of rotatable bonds is 4. The highest BCUT2D eigenvalue weighted by atomic mass is 32.2. The minimum atomic E-state index is -3.66. The number of aromatic nitrogens is 1. The normalized spacial score (nSPS) is 17.0. The Kier molecular flexibility index (Phi) is 3.72. The molecule has 126 valence electrons. The van der Waals surface area contributed by atoms with Gasteiger partial charge in [-0.2, -0.15) is 0 Å². The predicted octanol–water partition coefficient (Wildman–Crippen LogP) is 3.39.